The molecule has 0 saturated carbocycles. The second-order valence-electron chi connectivity index (χ2n) is 8.61. The standard InChI is InChI=1S/C25H30FN7O2/c1-29-23-22(24(35)30-13-21(34)16-7-4-8-18(26)12-16)33(14-17-6-2-3-10-20(17)28)25(31-23)32-11-5-9-19(27)15-32/h2-4,6-8,10,12,19,29H,5,9,11,13-15,27-28H2,1H3,(H,30,35). The molecule has 1 aromatic heterocycles. The molecular formula is C25H30FN7O2. The fraction of sp³-hybridized carbons (Fsp3) is 0.320. The molecule has 4 rings (SSSR count). The van der Waals surface area contributed by atoms with E-state index >= 15 is 0 Å². The first-order valence-electron chi connectivity index (χ1n) is 11.6. The highest BCUT2D eigenvalue weighted by molar-refractivity contribution is 6.03. The number of halogens is 1. The minimum Gasteiger partial charge on any atom is -0.398 e. The molecule has 1 saturated heterocycles. The minimum atomic E-state index is -0.512. The Morgan fingerprint density at radius 2 is 2.00 bits per heavy atom. The highest BCUT2D eigenvalue weighted by Gasteiger charge is 2.28. The van der Waals surface area contributed by atoms with Crippen LogP contribution in [0.4, 0.5) is 21.8 Å². The van der Waals surface area contributed by atoms with Crippen LogP contribution in [-0.4, -0.2) is 54.0 Å². The predicted octanol–water partition coefficient (Wildman–Crippen LogP) is 2.23. The Balaban J connectivity index is 1.66. The Bertz CT molecular complexity index is 1230. The van der Waals surface area contributed by atoms with E-state index in [2.05, 4.69) is 15.5 Å². The van der Waals surface area contributed by atoms with Gasteiger partial charge in [0, 0.05) is 37.4 Å². The third-order valence-corrected chi connectivity index (χ3v) is 6.08. The molecule has 2 heterocycles. The lowest BCUT2D eigenvalue weighted by atomic mass is 10.1. The number of anilines is 3. The molecule has 0 bridgehead atoms. The van der Waals surface area contributed by atoms with Gasteiger partial charge >= 0.3 is 0 Å². The molecule has 0 radical (unpaired) electrons. The molecule has 184 valence electrons. The second-order valence-corrected chi connectivity index (χ2v) is 8.61. The van der Waals surface area contributed by atoms with Crippen molar-refractivity contribution >= 4 is 29.1 Å². The maximum absolute atomic E-state index is 13.5. The van der Waals surface area contributed by atoms with Gasteiger partial charge in [-0.2, -0.15) is 4.98 Å². The molecule has 1 fully saturated rings. The first-order valence-corrected chi connectivity index (χ1v) is 11.6. The number of nitrogens with one attached hydrogen (secondary N) is 2. The van der Waals surface area contributed by atoms with E-state index in [-0.39, 0.29) is 23.8 Å². The Labute approximate surface area is 203 Å². The number of imidazole rings is 1. The van der Waals surface area contributed by atoms with E-state index in [0.717, 1.165) is 31.0 Å². The number of nitrogens with zero attached hydrogens (tertiary/aromatic N) is 3. The average Bonchev–Trinajstić information content (AvgIpc) is 3.22. The molecule has 1 aliphatic rings. The van der Waals surface area contributed by atoms with E-state index in [9.17, 15) is 14.0 Å². The van der Waals surface area contributed by atoms with Crippen LogP contribution in [0.15, 0.2) is 48.5 Å². The Morgan fingerprint density at radius 1 is 1.20 bits per heavy atom. The van der Waals surface area contributed by atoms with Gasteiger partial charge in [-0.3, -0.25) is 14.2 Å². The van der Waals surface area contributed by atoms with Crippen LogP contribution in [0.3, 0.4) is 0 Å². The molecule has 1 unspecified atom stereocenters. The quantitative estimate of drug-likeness (QED) is 0.288. The van der Waals surface area contributed by atoms with Crippen LogP contribution in [0.25, 0.3) is 0 Å². The van der Waals surface area contributed by atoms with Gasteiger partial charge in [0.1, 0.15) is 5.82 Å². The van der Waals surface area contributed by atoms with E-state index < -0.39 is 17.5 Å². The van der Waals surface area contributed by atoms with Crippen molar-refractivity contribution in [3.8, 4) is 0 Å². The van der Waals surface area contributed by atoms with Crippen LogP contribution in [0.1, 0.15) is 39.3 Å². The average molecular weight is 480 g/mol. The van der Waals surface area contributed by atoms with Gasteiger partial charge in [0.05, 0.1) is 13.1 Å². The predicted molar refractivity (Wildman–Crippen MR) is 134 cm³/mol. The van der Waals surface area contributed by atoms with E-state index in [1.54, 1.807) is 17.7 Å². The molecule has 10 heteroatoms. The Kier molecular flexibility index (Phi) is 7.31. The molecule has 0 spiro atoms. The third kappa shape index (κ3) is 5.43. The van der Waals surface area contributed by atoms with Crippen molar-refractivity contribution < 1.29 is 14.0 Å². The summed E-state index contributed by atoms with van der Waals surface area (Å²) in [6.45, 7) is 1.40. The molecule has 1 aliphatic heterocycles. The number of carbonyl (C=O) groups is 2. The number of amides is 1. The number of nitrogen functional groups attached to an aromatic ring is 1. The van der Waals surface area contributed by atoms with Crippen molar-refractivity contribution in [3.63, 3.8) is 0 Å². The summed E-state index contributed by atoms with van der Waals surface area (Å²) in [6.07, 6.45) is 1.84. The van der Waals surface area contributed by atoms with E-state index in [4.69, 9.17) is 16.5 Å². The molecule has 3 aromatic rings. The Hall–Kier alpha value is -3.92. The number of piperidine rings is 1. The number of benzene rings is 2. The number of Topliss-reactive ketones (excluding diaryl/α,β-unsaturated/α-hetero) is 1. The van der Waals surface area contributed by atoms with Crippen molar-refractivity contribution in [2.75, 3.05) is 42.6 Å². The fourth-order valence-electron chi connectivity index (χ4n) is 4.29. The highest BCUT2D eigenvalue weighted by atomic mass is 19.1. The van der Waals surface area contributed by atoms with E-state index in [1.807, 2.05) is 18.2 Å². The number of rotatable bonds is 8. The summed E-state index contributed by atoms with van der Waals surface area (Å²) in [5.41, 5.74) is 14.3. The van der Waals surface area contributed by atoms with Gasteiger partial charge in [-0.05, 0) is 36.6 Å². The zero-order valence-corrected chi connectivity index (χ0v) is 19.6. The van der Waals surface area contributed by atoms with Gasteiger partial charge in [0.25, 0.3) is 5.91 Å². The molecule has 1 amide bonds. The van der Waals surface area contributed by atoms with Crippen LogP contribution >= 0.6 is 0 Å². The van der Waals surface area contributed by atoms with Gasteiger partial charge < -0.3 is 27.0 Å². The first-order chi connectivity index (χ1) is 16.9. The number of hydrogen-bond acceptors (Lipinski definition) is 7. The Morgan fingerprint density at radius 3 is 2.71 bits per heavy atom. The molecule has 6 N–H and O–H groups in total. The largest absolute Gasteiger partial charge is 0.398 e. The maximum atomic E-state index is 13.5. The van der Waals surface area contributed by atoms with Gasteiger partial charge in [0.15, 0.2) is 17.3 Å². The summed E-state index contributed by atoms with van der Waals surface area (Å²) in [6, 6.07) is 12.8. The summed E-state index contributed by atoms with van der Waals surface area (Å²) >= 11 is 0. The van der Waals surface area contributed by atoms with Crippen molar-refractivity contribution in [3.05, 3.63) is 71.2 Å². The second kappa shape index (κ2) is 10.6. The van der Waals surface area contributed by atoms with Crippen LogP contribution in [0.5, 0.6) is 0 Å². The lowest BCUT2D eigenvalue weighted by Gasteiger charge is -2.32. The van der Waals surface area contributed by atoms with E-state index in [0.29, 0.717) is 30.5 Å². The molecule has 0 aliphatic carbocycles. The molecule has 2 aromatic carbocycles. The number of para-hydroxylation sites is 1. The number of aromatic nitrogens is 2. The van der Waals surface area contributed by atoms with Crippen molar-refractivity contribution in [1.82, 2.24) is 14.9 Å². The monoisotopic (exact) mass is 479 g/mol. The fourth-order valence-corrected chi connectivity index (χ4v) is 4.29. The highest BCUT2D eigenvalue weighted by Crippen LogP contribution is 2.28. The summed E-state index contributed by atoms with van der Waals surface area (Å²) in [5.74, 6) is -0.403. The van der Waals surface area contributed by atoms with Crippen molar-refractivity contribution in [1.29, 1.82) is 0 Å². The minimum absolute atomic E-state index is 0.00916. The number of carbonyl (C=O) groups excluding carboxylic acids is 2. The maximum Gasteiger partial charge on any atom is 0.272 e. The van der Waals surface area contributed by atoms with Gasteiger partial charge in [0.2, 0.25) is 5.95 Å². The lowest BCUT2D eigenvalue weighted by molar-refractivity contribution is 0.0898. The summed E-state index contributed by atoms with van der Waals surface area (Å²) in [5, 5.41) is 5.67. The smallest absolute Gasteiger partial charge is 0.272 e. The summed E-state index contributed by atoms with van der Waals surface area (Å²) in [7, 11) is 1.68. The zero-order chi connectivity index (χ0) is 24.9. The van der Waals surface area contributed by atoms with E-state index in [1.165, 1.54) is 18.2 Å². The van der Waals surface area contributed by atoms with Crippen molar-refractivity contribution in [2.45, 2.75) is 25.4 Å². The molecular weight excluding hydrogens is 449 g/mol. The van der Waals surface area contributed by atoms with Crippen LogP contribution in [0.2, 0.25) is 0 Å². The van der Waals surface area contributed by atoms with Gasteiger partial charge in [-0.1, -0.05) is 30.3 Å². The molecule has 35 heavy (non-hydrogen) atoms. The lowest BCUT2D eigenvalue weighted by Crippen LogP contribution is -2.44. The normalized spacial score (nSPS) is 15.6. The zero-order valence-electron chi connectivity index (χ0n) is 19.6. The SMILES string of the molecule is CNc1nc(N2CCCC(N)C2)n(Cc2ccccc2N)c1C(=O)NCC(=O)c1cccc(F)c1. The van der Waals surface area contributed by atoms with Gasteiger partial charge in [-0.15, -0.1) is 0 Å². The molecule has 9 nitrogen and oxygen atoms in total. The number of hydrogen-bond donors (Lipinski definition) is 4. The topological polar surface area (TPSA) is 131 Å². The number of ketones is 1. The van der Waals surface area contributed by atoms with Crippen LogP contribution in [0, 0.1) is 5.82 Å². The third-order valence-electron chi connectivity index (χ3n) is 6.08. The van der Waals surface area contributed by atoms with Gasteiger partial charge in [-0.25, -0.2) is 4.39 Å². The van der Waals surface area contributed by atoms with Crippen LogP contribution in [-0.2, 0) is 6.54 Å². The summed E-state index contributed by atoms with van der Waals surface area (Å²) in [4.78, 5) is 32.7. The molecule has 1 atom stereocenters. The van der Waals surface area contributed by atoms with Crippen LogP contribution < -0.4 is 27.0 Å². The van der Waals surface area contributed by atoms with Crippen molar-refractivity contribution in [2.24, 2.45) is 5.73 Å². The summed E-state index contributed by atoms with van der Waals surface area (Å²) < 4.78 is 15.3. The first kappa shape index (κ1) is 24.2. The number of nitrogens with two attached hydrogens (primary N) is 2.